The molecule has 20 heavy (non-hydrogen) atoms. The van der Waals surface area contributed by atoms with Gasteiger partial charge in [0.15, 0.2) is 0 Å². The molecule has 1 saturated heterocycles. The predicted octanol–water partition coefficient (Wildman–Crippen LogP) is 2.20. The van der Waals surface area contributed by atoms with Crippen molar-refractivity contribution in [1.82, 2.24) is 5.32 Å². The largest absolute Gasteiger partial charge is 0.384 e. The first-order valence-electron chi connectivity index (χ1n) is 7.33. The third kappa shape index (κ3) is 3.81. The summed E-state index contributed by atoms with van der Waals surface area (Å²) in [6.07, 6.45) is 3.06. The molecule has 1 aromatic rings. The molecule has 0 saturated carbocycles. The fourth-order valence-corrected chi connectivity index (χ4v) is 2.68. The molecule has 2 atom stereocenters. The third-order valence-electron chi connectivity index (χ3n) is 3.90. The number of piperidine rings is 1. The summed E-state index contributed by atoms with van der Waals surface area (Å²) in [6.45, 7) is 3.71. The van der Waals surface area contributed by atoms with E-state index in [4.69, 9.17) is 4.74 Å². The Kier molecular flexibility index (Phi) is 5.56. The molecule has 0 aliphatic carbocycles. The number of carbonyl (C=O) groups excluding carboxylic acids is 1. The lowest BCUT2D eigenvalue weighted by atomic mass is 9.92. The molecule has 1 aliphatic heterocycles. The summed E-state index contributed by atoms with van der Waals surface area (Å²) >= 11 is 0. The molecule has 2 N–H and O–H groups in total. The monoisotopic (exact) mass is 276 g/mol. The average molecular weight is 276 g/mol. The number of anilines is 1. The standard InChI is InChI=1S/C16H24N2O2/c1-12-6-5-10-17-15(12)16(19)18-14-8-4-3-7-13(14)9-11-20-2/h3-4,7-8,12,15,17H,5-6,9-11H2,1-2H3,(H,18,19). The van der Waals surface area contributed by atoms with Crippen LogP contribution in [0.15, 0.2) is 24.3 Å². The Morgan fingerprint density at radius 3 is 3.00 bits per heavy atom. The van der Waals surface area contributed by atoms with E-state index in [9.17, 15) is 4.79 Å². The number of rotatable bonds is 5. The van der Waals surface area contributed by atoms with Gasteiger partial charge < -0.3 is 15.4 Å². The van der Waals surface area contributed by atoms with Crippen LogP contribution in [0.1, 0.15) is 25.3 Å². The lowest BCUT2D eigenvalue weighted by Crippen LogP contribution is -2.48. The maximum atomic E-state index is 12.4. The zero-order chi connectivity index (χ0) is 14.4. The number of ether oxygens (including phenoxy) is 1. The molecule has 2 unspecified atom stereocenters. The SMILES string of the molecule is COCCc1ccccc1NC(=O)C1NCCCC1C. The molecule has 0 spiro atoms. The van der Waals surface area contributed by atoms with Gasteiger partial charge in [-0.15, -0.1) is 0 Å². The van der Waals surface area contributed by atoms with E-state index >= 15 is 0 Å². The van der Waals surface area contributed by atoms with Gasteiger partial charge in [0.05, 0.1) is 12.6 Å². The highest BCUT2D eigenvalue weighted by atomic mass is 16.5. The topological polar surface area (TPSA) is 50.4 Å². The minimum atomic E-state index is -0.0840. The summed E-state index contributed by atoms with van der Waals surface area (Å²) < 4.78 is 5.11. The van der Waals surface area contributed by atoms with Crippen LogP contribution in [-0.4, -0.2) is 32.2 Å². The van der Waals surface area contributed by atoms with Crippen LogP contribution in [0.3, 0.4) is 0 Å². The summed E-state index contributed by atoms with van der Waals surface area (Å²) in [5, 5.41) is 6.38. The summed E-state index contributed by atoms with van der Waals surface area (Å²) in [5.41, 5.74) is 2.01. The minimum absolute atomic E-state index is 0.0714. The molecule has 4 nitrogen and oxygen atoms in total. The molecule has 4 heteroatoms. The first-order chi connectivity index (χ1) is 9.72. The second-order valence-corrected chi connectivity index (χ2v) is 5.44. The lowest BCUT2D eigenvalue weighted by Gasteiger charge is -2.29. The van der Waals surface area contributed by atoms with Crippen molar-refractivity contribution < 1.29 is 9.53 Å². The Balaban J connectivity index is 2.03. The van der Waals surface area contributed by atoms with Crippen LogP contribution < -0.4 is 10.6 Å². The summed E-state index contributed by atoms with van der Waals surface area (Å²) in [7, 11) is 1.69. The lowest BCUT2D eigenvalue weighted by molar-refractivity contribution is -0.119. The fourth-order valence-electron chi connectivity index (χ4n) is 2.68. The van der Waals surface area contributed by atoms with Gasteiger partial charge in [-0.25, -0.2) is 0 Å². The number of benzene rings is 1. The van der Waals surface area contributed by atoms with Crippen LogP contribution in [0, 0.1) is 5.92 Å². The Hall–Kier alpha value is -1.39. The molecule has 1 amide bonds. The molecular weight excluding hydrogens is 252 g/mol. The summed E-state index contributed by atoms with van der Waals surface area (Å²) in [6, 6.07) is 7.84. The highest BCUT2D eigenvalue weighted by molar-refractivity contribution is 5.95. The van der Waals surface area contributed by atoms with E-state index in [1.165, 1.54) is 0 Å². The maximum absolute atomic E-state index is 12.4. The Bertz CT molecular complexity index is 448. The normalized spacial score (nSPS) is 22.5. The number of nitrogens with one attached hydrogen (secondary N) is 2. The van der Waals surface area contributed by atoms with E-state index in [1.807, 2.05) is 24.3 Å². The van der Waals surface area contributed by atoms with Crippen LogP contribution >= 0.6 is 0 Å². The number of amides is 1. The Morgan fingerprint density at radius 2 is 2.25 bits per heavy atom. The Labute approximate surface area is 120 Å². The maximum Gasteiger partial charge on any atom is 0.241 e. The quantitative estimate of drug-likeness (QED) is 0.867. The predicted molar refractivity (Wildman–Crippen MR) is 80.8 cm³/mol. The highest BCUT2D eigenvalue weighted by Crippen LogP contribution is 2.20. The molecule has 110 valence electrons. The van der Waals surface area contributed by atoms with Gasteiger partial charge in [0.25, 0.3) is 0 Å². The van der Waals surface area contributed by atoms with Gasteiger partial charge in [-0.3, -0.25) is 4.79 Å². The van der Waals surface area contributed by atoms with Crippen molar-refractivity contribution >= 4 is 11.6 Å². The highest BCUT2D eigenvalue weighted by Gasteiger charge is 2.27. The zero-order valence-electron chi connectivity index (χ0n) is 12.3. The first-order valence-corrected chi connectivity index (χ1v) is 7.33. The first kappa shape index (κ1) is 15.0. The van der Waals surface area contributed by atoms with Crippen LogP contribution in [0.2, 0.25) is 0 Å². The number of methoxy groups -OCH3 is 1. The van der Waals surface area contributed by atoms with Gasteiger partial charge >= 0.3 is 0 Å². The fraction of sp³-hybridized carbons (Fsp3) is 0.562. The van der Waals surface area contributed by atoms with Gasteiger partial charge in [-0.05, 0) is 43.4 Å². The molecular formula is C16H24N2O2. The van der Waals surface area contributed by atoms with E-state index < -0.39 is 0 Å². The van der Waals surface area contributed by atoms with Crippen LogP contribution in [0.5, 0.6) is 0 Å². The molecule has 1 fully saturated rings. The van der Waals surface area contributed by atoms with Crippen molar-refractivity contribution in [2.75, 3.05) is 25.6 Å². The van der Waals surface area contributed by atoms with E-state index in [0.29, 0.717) is 12.5 Å². The van der Waals surface area contributed by atoms with E-state index in [2.05, 4.69) is 17.6 Å². The number of para-hydroxylation sites is 1. The van der Waals surface area contributed by atoms with E-state index in [0.717, 1.165) is 37.1 Å². The molecule has 0 radical (unpaired) electrons. The molecule has 1 aromatic carbocycles. The number of hydrogen-bond donors (Lipinski definition) is 2. The molecule has 1 heterocycles. The van der Waals surface area contributed by atoms with E-state index in [-0.39, 0.29) is 11.9 Å². The third-order valence-corrected chi connectivity index (χ3v) is 3.90. The van der Waals surface area contributed by atoms with Gasteiger partial charge in [0, 0.05) is 12.8 Å². The van der Waals surface area contributed by atoms with Crippen molar-refractivity contribution in [3.63, 3.8) is 0 Å². The van der Waals surface area contributed by atoms with Gasteiger partial charge in [0.2, 0.25) is 5.91 Å². The van der Waals surface area contributed by atoms with E-state index in [1.54, 1.807) is 7.11 Å². The number of hydrogen-bond acceptors (Lipinski definition) is 3. The average Bonchev–Trinajstić information content (AvgIpc) is 2.46. The summed E-state index contributed by atoms with van der Waals surface area (Å²) in [5.74, 6) is 0.456. The Morgan fingerprint density at radius 1 is 1.45 bits per heavy atom. The number of carbonyl (C=O) groups is 1. The second-order valence-electron chi connectivity index (χ2n) is 5.44. The van der Waals surface area contributed by atoms with Gasteiger partial charge in [-0.1, -0.05) is 25.1 Å². The minimum Gasteiger partial charge on any atom is -0.384 e. The zero-order valence-corrected chi connectivity index (χ0v) is 12.3. The van der Waals surface area contributed by atoms with Crippen LogP contribution in [0.25, 0.3) is 0 Å². The van der Waals surface area contributed by atoms with Gasteiger partial charge in [-0.2, -0.15) is 0 Å². The second kappa shape index (κ2) is 7.41. The van der Waals surface area contributed by atoms with Gasteiger partial charge in [0.1, 0.15) is 0 Å². The van der Waals surface area contributed by atoms with Crippen molar-refractivity contribution in [3.8, 4) is 0 Å². The van der Waals surface area contributed by atoms with Crippen molar-refractivity contribution in [3.05, 3.63) is 29.8 Å². The van der Waals surface area contributed by atoms with Crippen molar-refractivity contribution in [1.29, 1.82) is 0 Å². The smallest absolute Gasteiger partial charge is 0.241 e. The summed E-state index contributed by atoms with van der Waals surface area (Å²) in [4.78, 5) is 12.4. The molecule has 2 rings (SSSR count). The van der Waals surface area contributed by atoms with Crippen LogP contribution in [-0.2, 0) is 16.0 Å². The molecule has 0 aromatic heterocycles. The van der Waals surface area contributed by atoms with Crippen LogP contribution in [0.4, 0.5) is 5.69 Å². The molecule has 0 bridgehead atoms. The molecule has 1 aliphatic rings. The van der Waals surface area contributed by atoms with Crippen molar-refractivity contribution in [2.45, 2.75) is 32.2 Å². The van der Waals surface area contributed by atoms with Crippen molar-refractivity contribution in [2.24, 2.45) is 5.92 Å².